The molecule has 0 saturated heterocycles. The topological polar surface area (TPSA) is 138 Å². The molecule has 0 spiro atoms. The van der Waals surface area contributed by atoms with Gasteiger partial charge in [0, 0.05) is 36.9 Å². The lowest BCUT2D eigenvalue weighted by Crippen LogP contribution is -2.32. The van der Waals surface area contributed by atoms with Crippen LogP contribution in [0.4, 0.5) is 0 Å². The van der Waals surface area contributed by atoms with E-state index in [0.717, 1.165) is 31.6 Å². The maximum absolute atomic E-state index is 12.9. The Balaban J connectivity index is 1.72. The number of fused-ring (bicyclic) bond motifs is 1. The second-order valence-electron chi connectivity index (χ2n) is 8.95. The SMILES string of the molecule is C[C@@H]1/C=C\C(=O)[C@@H](O)[C@@H](O)C/C=C/c2cc(OCCCNCC3=NC=CC3)cc(O)c2C(=O)O[C@H]1C. The molecular weight excluding hydrogens is 464 g/mol. The minimum Gasteiger partial charge on any atom is -0.507 e. The van der Waals surface area contributed by atoms with Gasteiger partial charge in [-0.15, -0.1) is 0 Å². The van der Waals surface area contributed by atoms with Crippen LogP contribution in [0.15, 0.2) is 47.6 Å². The van der Waals surface area contributed by atoms with Crippen LogP contribution < -0.4 is 10.1 Å². The van der Waals surface area contributed by atoms with E-state index in [1.165, 1.54) is 30.4 Å². The highest BCUT2D eigenvalue weighted by Crippen LogP contribution is 2.31. The lowest BCUT2D eigenvalue weighted by atomic mass is 9.99. The Labute approximate surface area is 210 Å². The first-order chi connectivity index (χ1) is 17.3. The summed E-state index contributed by atoms with van der Waals surface area (Å²) in [7, 11) is 0. The van der Waals surface area contributed by atoms with Crippen LogP contribution >= 0.6 is 0 Å². The predicted octanol–water partition coefficient (Wildman–Crippen LogP) is 2.55. The number of rotatable bonds is 7. The van der Waals surface area contributed by atoms with Gasteiger partial charge in [-0.05, 0) is 44.0 Å². The summed E-state index contributed by atoms with van der Waals surface area (Å²) in [6, 6.07) is 2.97. The summed E-state index contributed by atoms with van der Waals surface area (Å²) in [4.78, 5) is 29.3. The number of aliphatic hydroxyl groups is 2. The van der Waals surface area contributed by atoms with Gasteiger partial charge in [-0.2, -0.15) is 0 Å². The molecule has 194 valence electrons. The molecule has 0 unspecified atom stereocenters. The zero-order valence-electron chi connectivity index (χ0n) is 20.6. The van der Waals surface area contributed by atoms with Gasteiger partial charge in [-0.25, -0.2) is 4.79 Å². The van der Waals surface area contributed by atoms with Crippen molar-refractivity contribution in [1.82, 2.24) is 5.32 Å². The van der Waals surface area contributed by atoms with E-state index in [-0.39, 0.29) is 23.7 Å². The zero-order chi connectivity index (χ0) is 26.1. The maximum Gasteiger partial charge on any atom is 0.342 e. The van der Waals surface area contributed by atoms with Crippen molar-refractivity contribution in [2.75, 3.05) is 19.7 Å². The molecule has 1 aromatic rings. The number of hydrogen-bond acceptors (Lipinski definition) is 9. The average molecular weight is 499 g/mol. The van der Waals surface area contributed by atoms with Crippen molar-refractivity contribution in [2.24, 2.45) is 10.9 Å². The predicted molar refractivity (Wildman–Crippen MR) is 136 cm³/mol. The third-order valence-electron chi connectivity index (χ3n) is 6.07. The highest BCUT2D eigenvalue weighted by Gasteiger charge is 2.25. The van der Waals surface area contributed by atoms with Crippen LogP contribution in [0.2, 0.25) is 0 Å². The molecule has 0 saturated carbocycles. The van der Waals surface area contributed by atoms with Gasteiger partial charge in [0.2, 0.25) is 0 Å². The van der Waals surface area contributed by atoms with E-state index in [1.807, 2.05) is 6.08 Å². The molecule has 0 aromatic heterocycles. The molecule has 9 heteroatoms. The number of benzene rings is 1. The van der Waals surface area contributed by atoms with Gasteiger partial charge in [-0.1, -0.05) is 31.2 Å². The summed E-state index contributed by atoms with van der Waals surface area (Å²) < 4.78 is 11.3. The number of nitrogens with one attached hydrogen (secondary N) is 1. The van der Waals surface area contributed by atoms with Crippen molar-refractivity contribution < 1.29 is 34.4 Å². The average Bonchev–Trinajstić information content (AvgIpc) is 3.36. The van der Waals surface area contributed by atoms with Gasteiger partial charge >= 0.3 is 5.97 Å². The number of aliphatic imine (C=N–C) groups is 1. The Morgan fingerprint density at radius 1 is 1.17 bits per heavy atom. The van der Waals surface area contributed by atoms with E-state index in [9.17, 15) is 24.9 Å². The van der Waals surface area contributed by atoms with Gasteiger partial charge in [0.25, 0.3) is 0 Å². The molecule has 36 heavy (non-hydrogen) atoms. The van der Waals surface area contributed by atoms with Crippen molar-refractivity contribution in [3.05, 3.63) is 53.8 Å². The monoisotopic (exact) mass is 498 g/mol. The van der Waals surface area contributed by atoms with Gasteiger partial charge in [0.1, 0.15) is 29.3 Å². The Morgan fingerprint density at radius 2 is 1.97 bits per heavy atom. The number of phenols is 1. The lowest BCUT2D eigenvalue weighted by molar-refractivity contribution is -0.127. The molecule has 0 amide bonds. The van der Waals surface area contributed by atoms with Crippen LogP contribution in [-0.2, 0) is 9.53 Å². The molecule has 0 radical (unpaired) electrons. The molecule has 0 fully saturated rings. The lowest BCUT2D eigenvalue weighted by Gasteiger charge is -2.20. The standard InChI is InChI=1S/C27H34N2O7/c1-17-9-10-23(31)26(33)22(30)8-3-6-19-14-21(15-24(32)25(19)27(34)36-18(17)2)35-13-5-11-28-16-20-7-4-12-29-20/h3-4,6,9-10,12,14-15,17-18,22,26,28,30,32-33H,5,7-8,11,13,16H2,1-2H3/b6-3+,10-9-/t17-,18+,22+,26+/m1/s1. The van der Waals surface area contributed by atoms with Crippen molar-refractivity contribution in [3.63, 3.8) is 0 Å². The number of nitrogens with zero attached hydrogens (tertiary/aromatic N) is 1. The molecule has 2 aliphatic heterocycles. The Morgan fingerprint density at radius 3 is 2.72 bits per heavy atom. The van der Waals surface area contributed by atoms with E-state index in [0.29, 0.717) is 17.9 Å². The highest BCUT2D eigenvalue weighted by molar-refractivity contribution is 5.97. The number of cyclic esters (lactones) is 1. The smallest absolute Gasteiger partial charge is 0.342 e. The minimum absolute atomic E-state index is 0.0302. The number of esters is 1. The van der Waals surface area contributed by atoms with Crippen molar-refractivity contribution in [1.29, 1.82) is 0 Å². The molecule has 1 aromatic carbocycles. The van der Waals surface area contributed by atoms with E-state index >= 15 is 0 Å². The summed E-state index contributed by atoms with van der Waals surface area (Å²) in [5.41, 5.74) is 1.39. The maximum atomic E-state index is 12.9. The zero-order valence-corrected chi connectivity index (χ0v) is 20.6. The number of aromatic hydroxyl groups is 1. The Hall–Kier alpha value is -3.27. The molecule has 2 heterocycles. The summed E-state index contributed by atoms with van der Waals surface area (Å²) in [6.07, 6.45) is 7.58. The normalized spacial score (nSPS) is 26.5. The largest absolute Gasteiger partial charge is 0.507 e. The number of ketones is 1. The Kier molecular flexibility index (Phi) is 9.98. The number of allylic oxidation sites excluding steroid dienone is 1. The number of phenolic OH excluding ortho intramolecular Hbond substituents is 1. The number of aliphatic hydroxyl groups excluding tert-OH is 2. The third kappa shape index (κ3) is 7.61. The van der Waals surface area contributed by atoms with Crippen LogP contribution in [0.25, 0.3) is 6.08 Å². The van der Waals surface area contributed by atoms with Crippen LogP contribution in [0.3, 0.4) is 0 Å². The van der Waals surface area contributed by atoms with E-state index < -0.39 is 30.1 Å². The highest BCUT2D eigenvalue weighted by atomic mass is 16.5. The third-order valence-corrected chi connectivity index (χ3v) is 6.07. The van der Waals surface area contributed by atoms with Crippen molar-refractivity contribution in [2.45, 2.75) is 51.4 Å². The fourth-order valence-electron chi connectivity index (χ4n) is 3.69. The molecule has 3 rings (SSSR count). The first kappa shape index (κ1) is 27.3. The molecule has 2 aliphatic rings. The first-order valence-corrected chi connectivity index (χ1v) is 12.1. The molecule has 4 N–H and O–H groups in total. The number of carbonyl (C=O) groups is 2. The quantitative estimate of drug-likeness (QED) is 0.332. The summed E-state index contributed by atoms with van der Waals surface area (Å²) in [5, 5.41) is 34.3. The molecular formula is C27H34N2O7. The fourth-order valence-corrected chi connectivity index (χ4v) is 3.69. The molecule has 0 aliphatic carbocycles. The van der Waals surface area contributed by atoms with Crippen LogP contribution in [0, 0.1) is 5.92 Å². The first-order valence-electron chi connectivity index (χ1n) is 12.1. The van der Waals surface area contributed by atoms with Gasteiger partial charge in [0.05, 0.1) is 12.7 Å². The number of ether oxygens (including phenoxy) is 2. The van der Waals surface area contributed by atoms with Crippen LogP contribution in [0.5, 0.6) is 11.5 Å². The Bertz CT molecular complexity index is 1060. The second-order valence-corrected chi connectivity index (χ2v) is 8.95. The van der Waals surface area contributed by atoms with Gasteiger partial charge < -0.3 is 30.1 Å². The van der Waals surface area contributed by atoms with E-state index in [4.69, 9.17) is 9.47 Å². The van der Waals surface area contributed by atoms with Gasteiger partial charge in [-0.3, -0.25) is 9.79 Å². The number of carbonyl (C=O) groups excluding carboxylic acids is 2. The van der Waals surface area contributed by atoms with Gasteiger partial charge in [0.15, 0.2) is 5.78 Å². The van der Waals surface area contributed by atoms with Crippen molar-refractivity contribution in [3.8, 4) is 11.5 Å². The summed E-state index contributed by atoms with van der Waals surface area (Å²) in [6.45, 7) is 5.26. The molecule has 0 bridgehead atoms. The van der Waals surface area contributed by atoms with Crippen LogP contribution in [0.1, 0.15) is 49.0 Å². The van der Waals surface area contributed by atoms with E-state index in [1.54, 1.807) is 26.1 Å². The summed E-state index contributed by atoms with van der Waals surface area (Å²) in [5.74, 6) is -1.62. The fraction of sp³-hybridized carbons (Fsp3) is 0.444. The number of hydrogen-bond donors (Lipinski definition) is 4. The summed E-state index contributed by atoms with van der Waals surface area (Å²) >= 11 is 0. The van der Waals surface area contributed by atoms with Crippen LogP contribution in [-0.4, -0.2) is 70.8 Å². The van der Waals surface area contributed by atoms with Crippen molar-refractivity contribution >= 4 is 23.5 Å². The minimum atomic E-state index is -1.58. The second kappa shape index (κ2) is 13.2. The van der Waals surface area contributed by atoms with E-state index in [2.05, 4.69) is 10.3 Å². The molecule has 9 nitrogen and oxygen atoms in total. The molecule has 4 atom stereocenters.